The summed E-state index contributed by atoms with van der Waals surface area (Å²) in [5, 5.41) is 11.4. The lowest BCUT2D eigenvalue weighted by Crippen LogP contribution is -2.19. The molecule has 0 saturated carbocycles. The molecule has 0 radical (unpaired) electrons. The van der Waals surface area contributed by atoms with Crippen LogP contribution in [-0.4, -0.2) is 41.8 Å². The van der Waals surface area contributed by atoms with E-state index in [0.717, 1.165) is 34.4 Å². The van der Waals surface area contributed by atoms with Gasteiger partial charge in [-0.25, -0.2) is 0 Å². The van der Waals surface area contributed by atoms with E-state index in [0.29, 0.717) is 13.0 Å². The molecular weight excluding hydrogens is 312 g/mol. The maximum Gasteiger partial charge on any atom is 0.143 e. The average Bonchev–Trinajstić information content (AvgIpc) is 3.05. The fraction of sp³-hybridized carbons (Fsp3) is 0.333. The van der Waals surface area contributed by atoms with Gasteiger partial charge in [0, 0.05) is 18.1 Å². The molecule has 0 saturated heterocycles. The Labute approximate surface area is 149 Å². The van der Waals surface area contributed by atoms with E-state index in [4.69, 9.17) is 4.74 Å². The Bertz CT molecular complexity index is 839. The molecule has 25 heavy (non-hydrogen) atoms. The van der Waals surface area contributed by atoms with E-state index in [1.165, 1.54) is 0 Å². The number of rotatable bonds is 7. The molecule has 0 aliphatic carbocycles. The fourth-order valence-electron chi connectivity index (χ4n) is 3.03. The summed E-state index contributed by atoms with van der Waals surface area (Å²) in [6.45, 7) is 3.50. The highest BCUT2D eigenvalue weighted by molar-refractivity contribution is 5.86. The van der Waals surface area contributed by atoms with Crippen molar-refractivity contribution < 1.29 is 9.84 Å². The molecule has 0 aliphatic rings. The van der Waals surface area contributed by atoms with Crippen LogP contribution in [0.15, 0.2) is 54.7 Å². The maximum atomic E-state index is 10.3. The first-order chi connectivity index (χ1) is 12.1. The number of para-hydroxylation sites is 2. The van der Waals surface area contributed by atoms with Crippen molar-refractivity contribution in [3.63, 3.8) is 0 Å². The molecule has 1 aromatic heterocycles. The largest absolute Gasteiger partial charge is 0.490 e. The van der Waals surface area contributed by atoms with Gasteiger partial charge >= 0.3 is 0 Å². The van der Waals surface area contributed by atoms with Crippen molar-refractivity contribution in [3.05, 3.63) is 60.3 Å². The van der Waals surface area contributed by atoms with Crippen molar-refractivity contribution in [2.75, 3.05) is 27.2 Å². The summed E-state index contributed by atoms with van der Waals surface area (Å²) in [6.07, 6.45) is 2.31. The lowest BCUT2D eigenvalue weighted by atomic mass is 10.0. The molecule has 1 unspecified atom stereocenters. The Hall–Kier alpha value is -2.30. The van der Waals surface area contributed by atoms with Gasteiger partial charge in [0.1, 0.15) is 12.4 Å². The van der Waals surface area contributed by atoms with Crippen molar-refractivity contribution in [3.8, 4) is 11.4 Å². The van der Waals surface area contributed by atoms with Gasteiger partial charge in [-0.15, -0.1) is 0 Å². The zero-order chi connectivity index (χ0) is 17.8. The Balaban J connectivity index is 2.00. The van der Waals surface area contributed by atoms with Gasteiger partial charge in [-0.2, -0.15) is 0 Å². The normalized spacial score (nSPS) is 12.7. The Kier molecular flexibility index (Phi) is 5.41. The van der Waals surface area contributed by atoms with Gasteiger partial charge in [0.2, 0.25) is 0 Å². The molecular formula is C21H26N2O2. The molecule has 4 nitrogen and oxygen atoms in total. The fourth-order valence-corrected chi connectivity index (χ4v) is 3.03. The van der Waals surface area contributed by atoms with Gasteiger partial charge in [-0.3, -0.25) is 0 Å². The summed E-state index contributed by atoms with van der Waals surface area (Å²) < 4.78 is 8.14. The van der Waals surface area contributed by atoms with Gasteiger partial charge < -0.3 is 19.3 Å². The van der Waals surface area contributed by atoms with Gasteiger partial charge in [0.25, 0.3) is 0 Å². The summed E-state index contributed by atoms with van der Waals surface area (Å²) in [4.78, 5) is 2.10. The molecule has 132 valence electrons. The highest BCUT2D eigenvalue weighted by Gasteiger charge is 2.14. The molecule has 1 atom stereocenters. The molecule has 1 heterocycles. The number of likely N-dealkylation sites (N-methyl/N-ethyl adjacent to an activating group) is 1. The predicted octanol–water partition coefficient (Wildman–Crippen LogP) is 4.01. The molecule has 0 aliphatic heterocycles. The van der Waals surface area contributed by atoms with Crippen molar-refractivity contribution in [1.29, 1.82) is 0 Å². The summed E-state index contributed by atoms with van der Waals surface area (Å²) >= 11 is 0. The van der Waals surface area contributed by atoms with Crippen molar-refractivity contribution in [2.45, 2.75) is 19.4 Å². The van der Waals surface area contributed by atoms with Crippen LogP contribution in [0.1, 0.15) is 25.0 Å². The second-order valence-electron chi connectivity index (χ2n) is 6.51. The Morgan fingerprint density at radius 3 is 2.64 bits per heavy atom. The number of ether oxygens (including phenoxy) is 1. The number of aromatic nitrogens is 1. The highest BCUT2D eigenvalue weighted by Crippen LogP contribution is 2.31. The van der Waals surface area contributed by atoms with E-state index in [1.807, 2.05) is 57.5 Å². The van der Waals surface area contributed by atoms with Crippen molar-refractivity contribution in [2.24, 2.45) is 0 Å². The van der Waals surface area contributed by atoms with Crippen molar-refractivity contribution >= 4 is 10.9 Å². The first kappa shape index (κ1) is 17.5. The third-order valence-corrected chi connectivity index (χ3v) is 4.43. The summed E-state index contributed by atoms with van der Waals surface area (Å²) in [7, 11) is 4.07. The van der Waals surface area contributed by atoms with E-state index in [1.54, 1.807) is 0 Å². The molecule has 3 aromatic rings. The predicted molar refractivity (Wildman–Crippen MR) is 103 cm³/mol. The van der Waals surface area contributed by atoms with E-state index in [9.17, 15) is 5.11 Å². The zero-order valence-electron chi connectivity index (χ0n) is 15.1. The molecule has 2 aromatic carbocycles. The molecule has 0 bridgehead atoms. The zero-order valence-corrected chi connectivity index (χ0v) is 15.1. The van der Waals surface area contributed by atoms with Crippen LogP contribution in [0.4, 0.5) is 0 Å². The van der Waals surface area contributed by atoms with E-state index < -0.39 is 6.10 Å². The lowest BCUT2D eigenvalue weighted by molar-refractivity contribution is 0.175. The standard InChI is InChI=1S/C21H26N2O2/c1-4-20(24)17-8-7-10-18-16(17)12-13-23(18)19-9-5-6-11-21(19)25-15-14-22(2)3/h5-13,20,24H,4,14-15H2,1-3H3. The minimum Gasteiger partial charge on any atom is -0.490 e. The molecule has 3 rings (SSSR count). The number of aliphatic hydroxyl groups is 1. The minimum absolute atomic E-state index is 0.439. The number of benzene rings is 2. The quantitative estimate of drug-likeness (QED) is 0.707. The average molecular weight is 338 g/mol. The molecule has 1 N–H and O–H groups in total. The van der Waals surface area contributed by atoms with Crippen LogP contribution in [0.25, 0.3) is 16.6 Å². The van der Waals surface area contributed by atoms with Gasteiger partial charge in [-0.05, 0) is 50.3 Å². The lowest BCUT2D eigenvalue weighted by Gasteiger charge is -2.16. The maximum absolute atomic E-state index is 10.3. The number of hydrogen-bond donors (Lipinski definition) is 1. The molecule has 0 spiro atoms. The topological polar surface area (TPSA) is 37.6 Å². The highest BCUT2D eigenvalue weighted by atomic mass is 16.5. The van der Waals surface area contributed by atoms with Crippen LogP contribution in [0, 0.1) is 0 Å². The van der Waals surface area contributed by atoms with E-state index >= 15 is 0 Å². The number of nitrogens with zero attached hydrogens (tertiary/aromatic N) is 2. The van der Waals surface area contributed by atoms with Gasteiger partial charge in [0.15, 0.2) is 0 Å². The summed E-state index contributed by atoms with van der Waals surface area (Å²) in [5.74, 6) is 0.864. The first-order valence-electron chi connectivity index (χ1n) is 8.76. The monoisotopic (exact) mass is 338 g/mol. The van der Waals surface area contributed by atoms with Crippen LogP contribution >= 0.6 is 0 Å². The van der Waals surface area contributed by atoms with Gasteiger partial charge in [0.05, 0.1) is 17.3 Å². The van der Waals surface area contributed by atoms with Crippen LogP contribution in [-0.2, 0) is 0 Å². The third kappa shape index (κ3) is 3.70. The summed E-state index contributed by atoms with van der Waals surface area (Å²) in [5.41, 5.74) is 3.07. The van der Waals surface area contributed by atoms with Gasteiger partial charge in [-0.1, -0.05) is 31.2 Å². The molecule has 0 amide bonds. The second kappa shape index (κ2) is 7.72. The van der Waals surface area contributed by atoms with Crippen LogP contribution < -0.4 is 4.74 Å². The number of aliphatic hydroxyl groups excluding tert-OH is 1. The van der Waals surface area contributed by atoms with E-state index in [-0.39, 0.29) is 0 Å². The van der Waals surface area contributed by atoms with Crippen LogP contribution in [0.2, 0.25) is 0 Å². The Morgan fingerprint density at radius 2 is 1.88 bits per heavy atom. The van der Waals surface area contributed by atoms with Crippen LogP contribution in [0.3, 0.4) is 0 Å². The SMILES string of the molecule is CCC(O)c1cccc2c1ccn2-c1ccccc1OCCN(C)C. The minimum atomic E-state index is -0.439. The molecule has 4 heteroatoms. The molecule has 0 fully saturated rings. The summed E-state index contributed by atoms with van der Waals surface area (Å²) in [6, 6.07) is 16.2. The smallest absolute Gasteiger partial charge is 0.143 e. The second-order valence-corrected chi connectivity index (χ2v) is 6.51. The number of hydrogen-bond acceptors (Lipinski definition) is 3. The first-order valence-corrected chi connectivity index (χ1v) is 8.76. The third-order valence-electron chi connectivity index (χ3n) is 4.43. The van der Waals surface area contributed by atoms with Crippen molar-refractivity contribution in [1.82, 2.24) is 9.47 Å². The Morgan fingerprint density at radius 1 is 1.08 bits per heavy atom. The van der Waals surface area contributed by atoms with Crippen LogP contribution in [0.5, 0.6) is 5.75 Å². The van der Waals surface area contributed by atoms with E-state index in [2.05, 4.69) is 27.7 Å². The number of fused-ring (bicyclic) bond motifs is 1.